The molecule has 1 fully saturated rings. The number of thiocarbonyl (C=S) groups is 1. The van der Waals surface area contributed by atoms with Crippen LogP contribution in [0.4, 0.5) is 0 Å². The van der Waals surface area contributed by atoms with E-state index in [0.717, 1.165) is 18.1 Å². The Morgan fingerprint density at radius 3 is 2.67 bits per heavy atom. The Balaban J connectivity index is 2.54. The topological polar surface area (TPSA) is 24.1 Å². The Labute approximate surface area is 61.0 Å². The van der Waals surface area contributed by atoms with E-state index in [-0.39, 0.29) is 5.54 Å². The summed E-state index contributed by atoms with van der Waals surface area (Å²) in [5.41, 5.74) is 0.205. The van der Waals surface area contributed by atoms with Crippen molar-refractivity contribution in [3.8, 4) is 0 Å². The quantitative estimate of drug-likeness (QED) is 0.528. The molecule has 0 aromatic heterocycles. The van der Waals surface area contributed by atoms with Gasteiger partial charge in [-0.15, -0.1) is 0 Å². The average Bonchev–Trinajstić information content (AvgIpc) is 2.13. The lowest BCUT2D eigenvalue weighted by atomic mass is 10.0. The van der Waals surface area contributed by atoms with Gasteiger partial charge in [-0.2, -0.15) is 0 Å². The van der Waals surface area contributed by atoms with Crippen LogP contribution in [0.5, 0.6) is 0 Å². The minimum atomic E-state index is 0.205. The minimum absolute atomic E-state index is 0.205. The zero-order chi connectivity index (χ0) is 6.91. The summed E-state index contributed by atoms with van der Waals surface area (Å²) < 4.78 is 0. The van der Waals surface area contributed by atoms with Gasteiger partial charge in [-0.05, 0) is 25.6 Å². The van der Waals surface area contributed by atoms with Crippen molar-refractivity contribution >= 4 is 17.3 Å². The van der Waals surface area contributed by atoms with Gasteiger partial charge in [0.15, 0.2) is 5.11 Å². The minimum Gasteiger partial charge on any atom is -0.360 e. The van der Waals surface area contributed by atoms with Gasteiger partial charge in [0.2, 0.25) is 0 Å². The van der Waals surface area contributed by atoms with E-state index < -0.39 is 0 Å². The number of hydrogen-bond acceptors (Lipinski definition) is 1. The molecule has 2 nitrogen and oxygen atoms in total. The van der Waals surface area contributed by atoms with Crippen LogP contribution in [0.2, 0.25) is 0 Å². The molecule has 0 radical (unpaired) electrons. The first-order chi connectivity index (χ1) is 4.16. The normalized spacial score (nSPS) is 33.8. The van der Waals surface area contributed by atoms with Crippen LogP contribution in [0, 0.1) is 0 Å². The second-order valence-electron chi connectivity index (χ2n) is 2.72. The molecule has 1 unspecified atom stereocenters. The lowest BCUT2D eigenvalue weighted by Gasteiger charge is -2.19. The van der Waals surface area contributed by atoms with E-state index in [1.807, 2.05) is 0 Å². The third-order valence-corrected chi connectivity index (χ3v) is 2.08. The van der Waals surface area contributed by atoms with E-state index in [1.165, 1.54) is 0 Å². The average molecular weight is 144 g/mol. The molecule has 1 atom stereocenters. The van der Waals surface area contributed by atoms with Gasteiger partial charge >= 0.3 is 0 Å². The maximum absolute atomic E-state index is 4.91. The molecule has 0 aliphatic carbocycles. The van der Waals surface area contributed by atoms with E-state index in [1.54, 1.807) is 0 Å². The van der Waals surface area contributed by atoms with Crippen molar-refractivity contribution < 1.29 is 0 Å². The van der Waals surface area contributed by atoms with Crippen molar-refractivity contribution in [2.75, 3.05) is 6.54 Å². The van der Waals surface area contributed by atoms with Gasteiger partial charge in [0.05, 0.1) is 5.54 Å². The molecule has 0 aromatic rings. The Kier molecular flexibility index (Phi) is 1.62. The van der Waals surface area contributed by atoms with Gasteiger partial charge < -0.3 is 10.6 Å². The van der Waals surface area contributed by atoms with E-state index in [0.29, 0.717) is 0 Å². The molecule has 0 spiro atoms. The number of rotatable bonds is 1. The van der Waals surface area contributed by atoms with Crippen molar-refractivity contribution in [3.63, 3.8) is 0 Å². The highest BCUT2D eigenvalue weighted by Crippen LogP contribution is 2.10. The molecular formula is C6H12N2S. The first kappa shape index (κ1) is 6.81. The van der Waals surface area contributed by atoms with Crippen LogP contribution in [0.1, 0.15) is 20.3 Å². The van der Waals surface area contributed by atoms with Gasteiger partial charge in [0.25, 0.3) is 0 Å². The standard InChI is InChI=1S/C6H12N2S/c1-3-6(2)4-7-5(9)8-6/h3-4H2,1-2H3,(H2,7,8,9). The third kappa shape index (κ3) is 1.33. The molecule has 3 heteroatoms. The van der Waals surface area contributed by atoms with E-state index in [2.05, 4.69) is 24.5 Å². The van der Waals surface area contributed by atoms with Crippen LogP contribution in [0.25, 0.3) is 0 Å². The van der Waals surface area contributed by atoms with Crippen molar-refractivity contribution in [2.24, 2.45) is 0 Å². The van der Waals surface area contributed by atoms with Gasteiger partial charge in [0.1, 0.15) is 0 Å². The first-order valence-electron chi connectivity index (χ1n) is 3.22. The van der Waals surface area contributed by atoms with Crippen LogP contribution >= 0.6 is 12.2 Å². The third-order valence-electron chi connectivity index (χ3n) is 1.83. The second kappa shape index (κ2) is 2.14. The Morgan fingerprint density at radius 1 is 1.78 bits per heavy atom. The molecule has 2 N–H and O–H groups in total. The summed E-state index contributed by atoms with van der Waals surface area (Å²) in [6.45, 7) is 5.28. The summed E-state index contributed by atoms with van der Waals surface area (Å²) in [7, 11) is 0. The van der Waals surface area contributed by atoms with Gasteiger partial charge in [0, 0.05) is 6.54 Å². The molecule has 52 valence electrons. The molecule has 9 heavy (non-hydrogen) atoms. The van der Waals surface area contributed by atoms with Crippen molar-refractivity contribution in [1.82, 2.24) is 10.6 Å². The zero-order valence-corrected chi connectivity index (χ0v) is 6.64. The highest BCUT2D eigenvalue weighted by molar-refractivity contribution is 7.80. The van der Waals surface area contributed by atoms with Crippen LogP contribution in [0.15, 0.2) is 0 Å². The predicted octanol–water partition coefficient (Wildman–Crippen LogP) is 0.633. The summed E-state index contributed by atoms with van der Waals surface area (Å²) in [4.78, 5) is 0. The van der Waals surface area contributed by atoms with Gasteiger partial charge in [-0.1, -0.05) is 6.92 Å². The monoisotopic (exact) mass is 144 g/mol. The van der Waals surface area contributed by atoms with Crippen LogP contribution < -0.4 is 10.6 Å². The summed E-state index contributed by atoms with van der Waals surface area (Å²) in [5.74, 6) is 0. The molecule has 1 aliphatic heterocycles. The Hall–Kier alpha value is -0.310. The number of nitrogens with one attached hydrogen (secondary N) is 2. The van der Waals surface area contributed by atoms with Crippen molar-refractivity contribution in [3.05, 3.63) is 0 Å². The smallest absolute Gasteiger partial charge is 0.166 e. The largest absolute Gasteiger partial charge is 0.360 e. The fourth-order valence-corrected chi connectivity index (χ4v) is 1.17. The molecule has 0 bridgehead atoms. The molecule has 0 saturated carbocycles. The highest BCUT2D eigenvalue weighted by atomic mass is 32.1. The van der Waals surface area contributed by atoms with Crippen molar-refractivity contribution in [2.45, 2.75) is 25.8 Å². The fraction of sp³-hybridized carbons (Fsp3) is 0.833. The van der Waals surface area contributed by atoms with Gasteiger partial charge in [-0.3, -0.25) is 0 Å². The highest BCUT2D eigenvalue weighted by Gasteiger charge is 2.27. The second-order valence-corrected chi connectivity index (χ2v) is 3.13. The summed E-state index contributed by atoms with van der Waals surface area (Å²) >= 11 is 4.91. The Morgan fingerprint density at radius 2 is 2.44 bits per heavy atom. The lowest BCUT2D eigenvalue weighted by Crippen LogP contribution is -2.39. The zero-order valence-electron chi connectivity index (χ0n) is 5.82. The van der Waals surface area contributed by atoms with E-state index in [4.69, 9.17) is 12.2 Å². The van der Waals surface area contributed by atoms with Crippen LogP contribution in [0.3, 0.4) is 0 Å². The predicted molar refractivity (Wildman–Crippen MR) is 42.4 cm³/mol. The molecule has 1 rings (SSSR count). The van der Waals surface area contributed by atoms with Crippen molar-refractivity contribution in [1.29, 1.82) is 0 Å². The van der Waals surface area contributed by atoms with Crippen LogP contribution in [-0.4, -0.2) is 17.2 Å². The summed E-state index contributed by atoms with van der Waals surface area (Å²) in [6.07, 6.45) is 1.11. The number of hydrogen-bond donors (Lipinski definition) is 2. The molecule has 1 aliphatic rings. The lowest BCUT2D eigenvalue weighted by molar-refractivity contribution is 0.442. The summed E-state index contributed by atoms with van der Waals surface area (Å²) in [5, 5.41) is 7.07. The molecule has 0 aromatic carbocycles. The first-order valence-corrected chi connectivity index (χ1v) is 3.63. The van der Waals surface area contributed by atoms with E-state index in [9.17, 15) is 0 Å². The van der Waals surface area contributed by atoms with Gasteiger partial charge in [-0.25, -0.2) is 0 Å². The molecule has 0 amide bonds. The van der Waals surface area contributed by atoms with E-state index >= 15 is 0 Å². The molecule has 1 heterocycles. The molecule has 1 saturated heterocycles. The maximum Gasteiger partial charge on any atom is 0.166 e. The Bertz CT molecular complexity index is 135. The maximum atomic E-state index is 4.91. The van der Waals surface area contributed by atoms with Crippen LogP contribution in [-0.2, 0) is 0 Å². The fourth-order valence-electron chi connectivity index (χ4n) is 0.851. The summed E-state index contributed by atoms with van der Waals surface area (Å²) in [6, 6.07) is 0. The SMILES string of the molecule is CCC1(C)CNC(=S)N1. The molecular weight excluding hydrogens is 132 g/mol.